The van der Waals surface area contributed by atoms with Gasteiger partial charge in [0.05, 0.1) is 13.7 Å². The molecule has 1 amide bonds. The topological polar surface area (TPSA) is 56.8 Å². The quantitative estimate of drug-likeness (QED) is 0.498. The lowest BCUT2D eigenvalue weighted by atomic mass is 10.0. The lowest BCUT2D eigenvalue weighted by Crippen LogP contribution is -2.15. The summed E-state index contributed by atoms with van der Waals surface area (Å²) in [6, 6.07) is 17.0. The number of benzene rings is 3. The van der Waals surface area contributed by atoms with Gasteiger partial charge >= 0.3 is 0 Å². The highest BCUT2D eigenvalue weighted by Gasteiger charge is 2.14. The van der Waals surface area contributed by atoms with Gasteiger partial charge in [0.1, 0.15) is 12.4 Å². The number of methoxy groups -OCH3 is 1. The third-order valence-corrected chi connectivity index (χ3v) is 4.99. The smallest absolute Gasteiger partial charge is 0.255 e. The van der Waals surface area contributed by atoms with Gasteiger partial charge in [-0.15, -0.1) is 0 Å². The molecule has 0 saturated carbocycles. The first-order chi connectivity index (χ1) is 14.9. The van der Waals surface area contributed by atoms with Gasteiger partial charge in [0, 0.05) is 16.8 Å². The summed E-state index contributed by atoms with van der Waals surface area (Å²) in [6.07, 6.45) is 0. The monoisotopic (exact) mass is 419 g/mol. The van der Waals surface area contributed by atoms with E-state index >= 15 is 0 Å². The van der Waals surface area contributed by atoms with Crippen LogP contribution in [0.4, 0.5) is 5.69 Å². The standard InChI is InChI=1S/C26H29NO4/c1-6-30-22-12-11-20(26(28)27-25-18(3)13-17(2)14-19(25)4)15-21(22)16-31-24-10-8-7-9-23(24)29-5/h7-15H,6,16H2,1-5H3,(H,27,28). The average molecular weight is 420 g/mol. The summed E-state index contributed by atoms with van der Waals surface area (Å²) < 4.78 is 17.1. The first-order valence-corrected chi connectivity index (χ1v) is 10.3. The number of hydrogen-bond donors (Lipinski definition) is 1. The Morgan fingerprint density at radius 3 is 2.19 bits per heavy atom. The van der Waals surface area contributed by atoms with E-state index < -0.39 is 0 Å². The lowest BCUT2D eigenvalue weighted by molar-refractivity contribution is 0.102. The Kier molecular flexibility index (Phi) is 7.19. The molecule has 3 rings (SSSR count). The molecule has 3 aromatic carbocycles. The van der Waals surface area contributed by atoms with Crippen molar-refractivity contribution >= 4 is 11.6 Å². The van der Waals surface area contributed by atoms with Gasteiger partial charge < -0.3 is 19.5 Å². The fraction of sp³-hybridized carbons (Fsp3) is 0.269. The molecular formula is C26H29NO4. The molecule has 0 aliphatic heterocycles. The Bertz CT molecular complexity index is 1050. The van der Waals surface area contributed by atoms with Crippen molar-refractivity contribution in [1.82, 2.24) is 0 Å². The molecule has 0 heterocycles. The second-order valence-corrected chi connectivity index (χ2v) is 7.42. The molecule has 0 atom stereocenters. The third kappa shape index (κ3) is 5.37. The van der Waals surface area contributed by atoms with E-state index in [4.69, 9.17) is 14.2 Å². The molecule has 0 radical (unpaired) electrons. The van der Waals surface area contributed by atoms with E-state index in [1.165, 1.54) is 5.56 Å². The fourth-order valence-electron chi connectivity index (χ4n) is 3.59. The Morgan fingerprint density at radius 1 is 0.871 bits per heavy atom. The van der Waals surface area contributed by atoms with E-state index in [1.54, 1.807) is 13.2 Å². The molecule has 0 fully saturated rings. The number of anilines is 1. The van der Waals surface area contributed by atoms with Crippen LogP contribution in [0.2, 0.25) is 0 Å². The van der Waals surface area contributed by atoms with Crippen LogP contribution in [0, 0.1) is 20.8 Å². The molecule has 5 heteroatoms. The predicted molar refractivity (Wildman–Crippen MR) is 124 cm³/mol. The van der Waals surface area contributed by atoms with Gasteiger partial charge in [-0.05, 0) is 69.2 Å². The van der Waals surface area contributed by atoms with Gasteiger partial charge in [-0.2, -0.15) is 0 Å². The number of hydrogen-bond acceptors (Lipinski definition) is 4. The minimum absolute atomic E-state index is 0.170. The Hall–Kier alpha value is -3.47. The number of amides is 1. The average Bonchev–Trinajstić information content (AvgIpc) is 2.75. The second-order valence-electron chi connectivity index (χ2n) is 7.42. The molecule has 0 saturated heterocycles. The van der Waals surface area contributed by atoms with E-state index in [-0.39, 0.29) is 12.5 Å². The number of ether oxygens (including phenoxy) is 3. The normalized spacial score (nSPS) is 10.5. The van der Waals surface area contributed by atoms with Crippen molar-refractivity contribution < 1.29 is 19.0 Å². The first kappa shape index (κ1) is 22.2. The molecule has 0 aromatic heterocycles. The largest absolute Gasteiger partial charge is 0.493 e. The van der Waals surface area contributed by atoms with Crippen LogP contribution in [0.1, 0.15) is 39.5 Å². The number of aryl methyl sites for hydroxylation is 3. The van der Waals surface area contributed by atoms with E-state index in [0.29, 0.717) is 29.4 Å². The van der Waals surface area contributed by atoms with Crippen molar-refractivity contribution in [3.63, 3.8) is 0 Å². The highest BCUT2D eigenvalue weighted by atomic mass is 16.5. The van der Waals surface area contributed by atoms with E-state index in [2.05, 4.69) is 17.4 Å². The van der Waals surface area contributed by atoms with Crippen LogP contribution >= 0.6 is 0 Å². The SMILES string of the molecule is CCOc1ccc(C(=O)Nc2c(C)cc(C)cc2C)cc1COc1ccccc1OC. The van der Waals surface area contributed by atoms with Crippen LogP contribution in [-0.2, 0) is 6.61 Å². The third-order valence-electron chi connectivity index (χ3n) is 4.99. The Labute approximate surface area is 184 Å². The number of nitrogens with one attached hydrogen (secondary N) is 1. The van der Waals surface area contributed by atoms with E-state index in [0.717, 1.165) is 22.4 Å². The molecule has 31 heavy (non-hydrogen) atoms. The molecule has 162 valence electrons. The first-order valence-electron chi connectivity index (χ1n) is 10.3. The zero-order chi connectivity index (χ0) is 22.4. The van der Waals surface area contributed by atoms with Crippen LogP contribution in [0.3, 0.4) is 0 Å². The van der Waals surface area contributed by atoms with Crippen molar-refractivity contribution in [2.75, 3.05) is 19.0 Å². The summed E-state index contributed by atoms with van der Waals surface area (Å²) >= 11 is 0. The van der Waals surface area contributed by atoms with Crippen LogP contribution in [-0.4, -0.2) is 19.6 Å². The summed E-state index contributed by atoms with van der Waals surface area (Å²) in [4.78, 5) is 13.0. The van der Waals surface area contributed by atoms with Crippen molar-refractivity contribution in [2.45, 2.75) is 34.3 Å². The Morgan fingerprint density at radius 2 is 1.55 bits per heavy atom. The summed E-state index contributed by atoms with van der Waals surface area (Å²) in [7, 11) is 1.60. The van der Waals surface area contributed by atoms with Crippen LogP contribution < -0.4 is 19.5 Å². The number of rotatable bonds is 8. The van der Waals surface area contributed by atoms with Gasteiger partial charge in [-0.25, -0.2) is 0 Å². The minimum Gasteiger partial charge on any atom is -0.493 e. The summed E-state index contributed by atoms with van der Waals surface area (Å²) in [5.74, 6) is 1.81. The summed E-state index contributed by atoms with van der Waals surface area (Å²) in [5, 5.41) is 3.05. The number of para-hydroxylation sites is 2. The molecule has 0 aliphatic rings. The van der Waals surface area contributed by atoms with Crippen LogP contribution in [0.15, 0.2) is 54.6 Å². The molecule has 1 N–H and O–H groups in total. The van der Waals surface area contributed by atoms with Gasteiger partial charge in [0.25, 0.3) is 5.91 Å². The molecule has 5 nitrogen and oxygen atoms in total. The van der Waals surface area contributed by atoms with E-state index in [9.17, 15) is 4.79 Å². The molecule has 0 spiro atoms. The molecule has 0 unspecified atom stereocenters. The lowest BCUT2D eigenvalue weighted by Gasteiger charge is -2.16. The summed E-state index contributed by atoms with van der Waals surface area (Å²) in [5.41, 5.74) is 5.42. The summed E-state index contributed by atoms with van der Waals surface area (Å²) in [6.45, 7) is 8.75. The molecule has 3 aromatic rings. The van der Waals surface area contributed by atoms with Crippen molar-refractivity contribution in [3.05, 3.63) is 82.4 Å². The fourth-order valence-corrected chi connectivity index (χ4v) is 3.59. The van der Waals surface area contributed by atoms with Gasteiger partial charge in [0.15, 0.2) is 11.5 Å². The highest BCUT2D eigenvalue weighted by molar-refractivity contribution is 6.05. The van der Waals surface area contributed by atoms with Crippen molar-refractivity contribution in [3.8, 4) is 17.2 Å². The molecular weight excluding hydrogens is 390 g/mol. The maximum atomic E-state index is 13.0. The van der Waals surface area contributed by atoms with Gasteiger partial charge in [0.2, 0.25) is 0 Å². The van der Waals surface area contributed by atoms with Crippen LogP contribution in [0.25, 0.3) is 0 Å². The maximum absolute atomic E-state index is 13.0. The van der Waals surface area contributed by atoms with Gasteiger partial charge in [-0.3, -0.25) is 4.79 Å². The second kappa shape index (κ2) is 10.0. The maximum Gasteiger partial charge on any atom is 0.255 e. The highest BCUT2D eigenvalue weighted by Crippen LogP contribution is 2.29. The van der Waals surface area contributed by atoms with E-state index in [1.807, 2.05) is 64.1 Å². The zero-order valence-electron chi connectivity index (χ0n) is 18.7. The Balaban J connectivity index is 1.84. The zero-order valence-corrected chi connectivity index (χ0v) is 18.7. The number of carbonyl (C=O) groups is 1. The molecule has 0 bridgehead atoms. The van der Waals surface area contributed by atoms with Crippen molar-refractivity contribution in [2.24, 2.45) is 0 Å². The van der Waals surface area contributed by atoms with Crippen LogP contribution in [0.5, 0.6) is 17.2 Å². The number of carbonyl (C=O) groups excluding carboxylic acids is 1. The molecule has 0 aliphatic carbocycles. The van der Waals surface area contributed by atoms with Crippen molar-refractivity contribution in [1.29, 1.82) is 0 Å². The minimum atomic E-state index is -0.170. The predicted octanol–water partition coefficient (Wildman–Crippen LogP) is 5.85. The van der Waals surface area contributed by atoms with Gasteiger partial charge in [-0.1, -0.05) is 29.8 Å².